The van der Waals surface area contributed by atoms with Crippen LogP contribution in [0.5, 0.6) is 5.75 Å². The number of rotatable bonds is 4. The lowest BCUT2D eigenvalue weighted by Crippen LogP contribution is -2.28. The molecule has 0 aromatic heterocycles. The summed E-state index contributed by atoms with van der Waals surface area (Å²) in [5.41, 5.74) is 0.665. The Morgan fingerprint density at radius 2 is 1.81 bits per heavy atom. The van der Waals surface area contributed by atoms with Crippen LogP contribution in [-0.2, 0) is 4.84 Å². The van der Waals surface area contributed by atoms with E-state index in [1.165, 1.54) is 5.06 Å². The third kappa shape index (κ3) is 4.55. The average Bonchev–Trinajstić information content (AvgIpc) is 2.47. The van der Waals surface area contributed by atoms with Crippen LogP contribution in [0.15, 0.2) is 48.5 Å². The van der Waals surface area contributed by atoms with Gasteiger partial charge in [0.2, 0.25) is 0 Å². The maximum atomic E-state index is 11.8. The molecule has 0 radical (unpaired) electrons. The molecule has 0 bridgehead atoms. The van der Waals surface area contributed by atoms with Crippen molar-refractivity contribution in [2.24, 2.45) is 0 Å². The average molecular weight is 326 g/mol. The van der Waals surface area contributed by atoms with E-state index in [9.17, 15) is 4.79 Å². The monoisotopic (exact) mass is 325 g/mol. The lowest BCUT2D eigenvalue weighted by atomic mass is 10.3. The van der Waals surface area contributed by atoms with Gasteiger partial charge in [-0.05, 0) is 49.4 Å². The normalized spacial score (nSPS) is 10.0. The fraction of sp³-hybridized carbons (Fsp3) is 0.133. The highest BCUT2D eigenvalue weighted by atomic mass is 35.5. The minimum atomic E-state index is -0.834. The summed E-state index contributed by atoms with van der Waals surface area (Å²) in [7, 11) is 0. The molecule has 4 nitrogen and oxygen atoms in total. The summed E-state index contributed by atoms with van der Waals surface area (Å²) >= 11 is 11.7. The van der Waals surface area contributed by atoms with Gasteiger partial charge in [0.15, 0.2) is 0 Å². The van der Waals surface area contributed by atoms with Gasteiger partial charge in [-0.2, -0.15) is 0 Å². The summed E-state index contributed by atoms with van der Waals surface area (Å²) in [6.07, 6.45) is -0.834. The van der Waals surface area contributed by atoms with Gasteiger partial charge in [0, 0.05) is 10.0 Å². The zero-order chi connectivity index (χ0) is 15.2. The highest BCUT2D eigenvalue weighted by Crippen LogP contribution is 2.21. The Hall–Kier alpha value is -1.91. The molecule has 110 valence electrons. The van der Waals surface area contributed by atoms with Crippen LogP contribution in [0, 0.1) is 0 Å². The van der Waals surface area contributed by atoms with Crippen LogP contribution >= 0.6 is 23.2 Å². The summed E-state index contributed by atoms with van der Waals surface area (Å²) in [5, 5.41) is 2.51. The smallest absolute Gasteiger partial charge is 0.393 e. The quantitative estimate of drug-likeness (QED) is 0.453. The Labute approximate surface area is 132 Å². The molecule has 0 saturated heterocycles. The van der Waals surface area contributed by atoms with Gasteiger partial charge in [0.05, 0.1) is 12.2 Å². The van der Waals surface area contributed by atoms with Gasteiger partial charge in [0.25, 0.3) is 0 Å². The molecule has 0 spiro atoms. The fourth-order valence-electron chi connectivity index (χ4n) is 1.64. The van der Waals surface area contributed by atoms with Crippen molar-refractivity contribution in [1.82, 2.24) is 0 Å². The Morgan fingerprint density at radius 1 is 1.10 bits per heavy atom. The third-order valence-corrected chi connectivity index (χ3v) is 3.07. The Bertz CT molecular complexity index is 617. The van der Waals surface area contributed by atoms with Crippen LogP contribution in [-0.4, -0.2) is 12.7 Å². The summed E-state index contributed by atoms with van der Waals surface area (Å²) in [5.74, 6) is 0.353. The molecule has 2 rings (SSSR count). The van der Waals surface area contributed by atoms with E-state index in [1.807, 2.05) is 6.92 Å². The largest absolute Gasteiger partial charge is 0.539 e. The molecular formula is C15H13Cl2NO3. The van der Waals surface area contributed by atoms with E-state index in [0.29, 0.717) is 28.0 Å². The van der Waals surface area contributed by atoms with Crippen molar-refractivity contribution in [3.8, 4) is 5.75 Å². The maximum absolute atomic E-state index is 11.8. The molecular weight excluding hydrogens is 313 g/mol. The van der Waals surface area contributed by atoms with E-state index in [-0.39, 0.29) is 0 Å². The highest BCUT2D eigenvalue weighted by Gasteiger charge is 2.13. The van der Waals surface area contributed by atoms with Crippen LogP contribution in [0.4, 0.5) is 10.5 Å². The van der Waals surface area contributed by atoms with Crippen molar-refractivity contribution >= 4 is 35.0 Å². The van der Waals surface area contributed by atoms with E-state index >= 15 is 0 Å². The molecule has 2 aromatic carbocycles. The topological polar surface area (TPSA) is 38.8 Å². The number of hydrogen-bond donors (Lipinski definition) is 0. The van der Waals surface area contributed by atoms with Gasteiger partial charge in [-0.25, -0.2) is 9.86 Å². The standard InChI is InChI=1S/C15H13Cl2NO3/c1-2-18(13-5-3-4-12(17)10-13)21-15(19)20-14-8-6-11(16)7-9-14/h3-10H,2H2,1H3. The summed E-state index contributed by atoms with van der Waals surface area (Å²) < 4.78 is 5.06. The first-order valence-corrected chi connectivity index (χ1v) is 7.02. The minimum Gasteiger partial charge on any atom is -0.393 e. The second kappa shape index (κ2) is 7.20. The number of ether oxygens (including phenoxy) is 1. The molecule has 0 heterocycles. The molecule has 0 amide bonds. The van der Waals surface area contributed by atoms with E-state index < -0.39 is 6.16 Å². The van der Waals surface area contributed by atoms with Crippen LogP contribution in [0.2, 0.25) is 10.0 Å². The number of hydrogen-bond acceptors (Lipinski definition) is 4. The first kappa shape index (κ1) is 15.5. The molecule has 0 saturated carbocycles. The number of anilines is 1. The lowest BCUT2D eigenvalue weighted by Gasteiger charge is -2.20. The van der Waals surface area contributed by atoms with Crippen molar-refractivity contribution in [1.29, 1.82) is 0 Å². The van der Waals surface area contributed by atoms with Gasteiger partial charge in [0.1, 0.15) is 5.75 Å². The molecule has 0 atom stereocenters. The van der Waals surface area contributed by atoms with Crippen molar-refractivity contribution in [3.05, 3.63) is 58.6 Å². The van der Waals surface area contributed by atoms with Crippen LogP contribution in [0.1, 0.15) is 6.92 Å². The molecule has 0 N–H and O–H groups in total. The highest BCUT2D eigenvalue weighted by molar-refractivity contribution is 6.31. The molecule has 0 aliphatic carbocycles. The number of carbonyl (C=O) groups is 1. The third-order valence-electron chi connectivity index (χ3n) is 2.58. The Kier molecular flexibility index (Phi) is 5.31. The molecule has 0 aliphatic heterocycles. The number of carbonyl (C=O) groups excluding carboxylic acids is 1. The number of hydroxylamine groups is 1. The second-order valence-corrected chi connectivity index (χ2v) is 4.94. The van der Waals surface area contributed by atoms with Gasteiger partial charge >= 0.3 is 6.16 Å². The van der Waals surface area contributed by atoms with Gasteiger partial charge in [-0.1, -0.05) is 29.3 Å². The fourth-order valence-corrected chi connectivity index (χ4v) is 1.95. The second-order valence-electron chi connectivity index (χ2n) is 4.07. The summed E-state index contributed by atoms with van der Waals surface area (Å²) in [4.78, 5) is 16.9. The molecule has 0 unspecified atom stereocenters. The van der Waals surface area contributed by atoms with E-state index in [0.717, 1.165) is 0 Å². The predicted octanol–water partition coefficient (Wildman–Crippen LogP) is 4.95. The van der Waals surface area contributed by atoms with Crippen LogP contribution < -0.4 is 9.80 Å². The molecule has 0 aliphatic rings. The van der Waals surface area contributed by atoms with Crippen molar-refractivity contribution < 1.29 is 14.4 Å². The molecule has 6 heteroatoms. The Balaban J connectivity index is 2.01. The molecule has 2 aromatic rings. The van der Waals surface area contributed by atoms with Gasteiger partial charge in [-0.15, -0.1) is 0 Å². The zero-order valence-corrected chi connectivity index (χ0v) is 12.8. The van der Waals surface area contributed by atoms with Crippen molar-refractivity contribution in [3.63, 3.8) is 0 Å². The maximum Gasteiger partial charge on any atom is 0.539 e. The van der Waals surface area contributed by atoms with E-state index in [4.69, 9.17) is 32.8 Å². The first-order chi connectivity index (χ1) is 10.1. The van der Waals surface area contributed by atoms with Crippen molar-refractivity contribution in [2.45, 2.75) is 6.92 Å². The lowest BCUT2D eigenvalue weighted by molar-refractivity contribution is 0.0886. The van der Waals surface area contributed by atoms with Crippen molar-refractivity contribution in [2.75, 3.05) is 11.6 Å². The SMILES string of the molecule is CCN(OC(=O)Oc1ccc(Cl)cc1)c1cccc(Cl)c1. The minimum absolute atomic E-state index is 0.353. The van der Waals surface area contributed by atoms with Gasteiger partial charge in [-0.3, -0.25) is 0 Å². The summed E-state index contributed by atoms with van der Waals surface area (Å²) in [6, 6.07) is 13.4. The van der Waals surface area contributed by atoms with E-state index in [2.05, 4.69) is 0 Å². The first-order valence-electron chi connectivity index (χ1n) is 6.27. The van der Waals surface area contributed by atoms with Crippen LogP contribution in [0.3, 0.4) is 0 Å². The number of halogens is 2. The Morgan fingerprint density at radius 3 is 2.43 bits per heavy atom. The number of benzene rings is 2. The number of nitrogens with zero attached hydrogens (tertiary/aromatic N) is 1. The predicted molar refractivity (Wildman–Crippen MR) is 83.0 cm³/mol. The zero-order valence-electron chi connectivity index (χ0n) is 11.3. The molecule has 21 heavy (non-hydrogen) atoms. The summed E-state index contributed by atoms with van der Waals surface area (Å²) in [6.45, 7) is 2.30. The van der Waals surface area contributed by atoms with E-state index in [1.54, 1.807) is 48.5 Å². The molecule has 0 fully saturated rings. The van der Waals surface area contributed by atoms with Crippen LogP contribution in [0.25, 0.3) is 0 Å². The van der Waals surface area contributed by atoms with Gasteiger partial charge < -0.3 is 9.57 Å².